The Morgan fingerprint density at radius 3 is 2.82 bits per heavy atom. The maximum atomic E-state index is 12.0. The summed E-state index contributed by atoms with van der Waals surface area (Å²) in [6.45, 7) is 7.33. The van der Waals surface area contributed by atoms with Crippen molar-refractivity contribution < 1.29 is 9.53 Å². The van der Waals surface area contributed by atoms with Gasteiger partial charge in [-0.15, -0.1) is 0 Å². The average molecular weight is 241 g/mol. The van der Waals surface area contributed by atoms with Crippen LogP contribution in [0.5, 0.6) is 0 Å². The van der Waals surface area contributed by atoms with Gasteiger partial charge in [-0.3, -0.25) is 4.79 Å². The fourth-order valence-corrected chi connectivity index (χ4v) is 2.36. The maximum Gasteiger partial charge on any atom is 0.238 e. The monoisotopic (exact) mass is 241 g/mol. The van der Waals surface area contributed by atoms with Crippen molar-refractivity contribution in [1.29, 1.82) is 0 Å². The number of nitrogens with one attached hydrogen (secondary N) is 3. The van der Waals surface area contributed by atoms with Gasteiger partial charge in [-0.2, -0.15) is 0 Å². The zero-order valence-electron chi connectivity index (χ0n) is 10.7. The van der Waals surface area contributed by atoms with E-state index in [0.717, 1.165) is 26.2 Å². The smallest absolute Gasteiger partial charge is 0.238 e. The van der Waals surface area contributed by atoms with Crippen molar-refractivity contribution in [3.63, 3.8) is 0 Å². The molecule has 2 aliphatic heterocycles. The van der Waals surface area contributed by atoms with Crippen LogP contribution in [0, 0.1) is 5.92 Å². The van der Waals surface area contributed by atoms with E-state index in [9.17, 15) is 4.79 Å². The molecule has 0 saturated carbocycles. The van der Waals surface area contributed by atoms with Crippen LogP contribution in [-0.2, 0) is 9.53 Å². The molecule has 5 heteroatoms. The van der Waals surface area contributed by atoms with E-state index in [0.29, 0.717) is 18.5 Å². The molecule has 1 amide bonds. The highest BCUT2D eigenvalue weighted by atomic mass is 16.5. The lowest BCUT2D eigenvalue weighted by molar-refractivity contribution is -0.124. The van der Waals surface area contributed by atoms with Gasteiger partial charge >= 0.3 is 0 Å². The van der Waals surface area contributed by atoms with Crippen LogP contribution in [0.15, 0.2) is 0 Å². The summed E-state index contributed by atoms with van der Waals surface area (Å²) in [5, 5.41) is 9.65. The Morgan fingerprint density at radius 2 is 2.24 bits per heavy atom. The molecule has 5 nitrogen and oxygen atoms in total. The number of ether oxygens (including phenoxy) is 1. The molecule has 0 radical (unpaired) electrons. The first-order chi connectivity index (χ1) is 8.16. The summed E-state index contributed by atoms with van der Waals surface area (Å²) in [7, 11) is 0. The largest absolute Gasteiger partial charge is 0.381 e. The Kier molecular flexibility index (Phi) is 4.36. The van der Waals surface area contributed by atoms with Crippen LogP contribution >= 0.6 is 0 Å². The van der Waals surface area contributed by atoms with Crippen molar-refractivity contribution >= 4 is 5.91 Å². The molecule has 17 heavy (non-hydrogen) atoms. The highest BCUT2D eigenvalue weighted by molar-refractivity contribution is 5.82. The predicted molar refractivity (Wildman–Crippen MR) is 65.8 cm³/mol. The van der Waals surface area contributed by atoms with Gasteiger partial charge in [0.25, 0.3) is 0 Å². The molecule has 0 bridgehead atoms. The van der Waals surface area contributed by atoms with Gasteiger partial charge in [-0.25, -0.2) is 0 Å². The number of hydrogen-bond donors (Lipinski definition) is 3. The third kappa shape index (κ3) is 3.40. The minimum Gasteiger partial charge on any atom is -0.381 e. The molecule has 2 rings (SSSR count). The molecule has 0 aromatic carbocycles. The van der Waals surface area contributed by atoms with Crippen LogP contribution in [0.4, 0.5) is 0 Å². The zero-order valence-corrected chi connectivity index (χ0v) is 10.7. The second kappa shape index (κ2) is 5.80. The van der Waals surface area contributed by atoms with Crippen LogP contribution < -0.4 is 16.0 Å². The van der Waals surface area contributed by atoms with E-state index in [4.69, 9.17) is 4.74 Å². The number of rotatable bonds is 3. The molecule has 2 heterocycles. The van der Waals surface area contributed by atoms with Gasteiger partial charge in [-0.05, 0) is 20.3 Å². The standard InChI is InChI=1S/C12H23N3O2/c1-8-5-14-11(6-13-8)12(16)15-9(2)10-3-4-17-7-10/h8-11,13-14H,3-7H2,1-2H3,(H,15,16). The van der Waals surface area contributed by atoms with Gasteiger partial charge in [0.1, 0.15) is 0 Å². The van der Waals surface area contributed by atoms with Crippen molar-refractivity contribution in [2.75, 3.05) is 26.3 Å². The Labute approximate surface area is 103 Å². The van der Waals surface area contributed by atoms with Crippen LogP contribution in [0.25, 0.3) is 0 Å². The predicted octanol–water partition coefficient (Wildman–Crippen LogP) is -0.522. The maximum absolute atomic E-state index is 12.0. The first-order valence-electron chi connectivity index (χ1n) is 6.51. The first-order valence-corrected chi connectivity index (χ1v) is 6.51. The van der Waals surface area contributed by atoms with Gasteiger partial charge in [-0.1, -0.05) is 0 Å². The molecule has 2 fully saturated rings. The highest BCUT2D eigenvalue weighted by Crippen LogP contribution is 2.16. The zero-order chi connectivity index (χ0) is 12.3. The molecular formula is C12H23N3O2. The highest BCUT2D eigenvalue weighted by Gasteiger charge is 2.28. The lowest BCUT2D eigenvalue weighted by atomic mass is 10.0. The second-order valence-corrected chi connectivity index (χ2v) is 5.19. The van der Waals surface area contributed by atoms with E-state index >= 15 is 0 Å². The van der Waals surface area contributed by atoms with Crippen LogP contribution in [0.3, 0.4) is 0 Å². The van der Waals surface area contributed by atoms with E-state index in [-0.39, 0.29) is 18.0 Å². The number of piperazine rings is 1. The topological polar surface area (TPSA) is 62.4 Å². The van der Waals surface area contributed by atoms with Crippen LogP contribution in [0.2, 0.25) is 0 Å². The van der Waals surface area contributed by atoms with Gasteiger partial charge in [0.15, 0.2) is 0 Å². The fraction of sp³-hybridized carbons (Fsp3) is 0.917. The minimum absolute atomic E-state index is 0.101. The number of carbonyl (C=O) groups excluding carboxylic acids is 1. The van der Waals surface area contributed by atoms with Crippen molar-refractivity contribution in [2.45, 2.75) is 38.4 Å². The molecule has 2 saturated heterocycles. The van der Waals surface area contributed by atoms with Gasteiger partial charge < -0.3 is 20.7 Å². The average Bonchev–Trinajstić information content (AvgIpc) is 2.83. The number of carbonyl (C=O) groups is 1. The molecule has 0 spiro atoms. The lowest BCUT2D eigenvalue weighted by Gasteiger charge is -2.30. The molecule has 4 atom stereocenters. The van der Waals surface area contributed by atoms with E-state index < -0.39 is 0 Å². The van der Waals surface area contributed by atoms with E-state index in [2.05, 4.69) is 29.8 Å². The summed E-state index contributed by atoms with van der Waals surface area (Å²) in [5.41, 5.74) is 0. The summed E-state index contributed by atoms with van der Waals surface area (Å²) in [5.74, 6) is 0.568. The fourth-order valence-electron chi connectivity index (χ4n) is 2.36. The summed E-state index contributed by atoms with van der Waals surface area (Å²) in [4.78, 5) is 12.0. The van der Waals surface area contributed by atoms with Crippen LogP contribution in [0.1, 0.15) is 20.3 Å². The third-order valence-corrected chi connectivity index (χ3v) is 3.70. The Morgan fingerprint density at radius 1 is 1.41 bits per heavy atom. The molecule has 4 unspecified atom stereocenters. The number of hydrogen-bond acceptors (Lipinski definition) is 4. The van der Waals surface area contributed by atoms with Crippen molar-refractivity contribution in [3.8, 4) is 0 Å². The summed E-state index contributed by atoms with van der Waals surface area (Å²) in [6, 6.07) is 0.543. The Hall–Kier alpha value is -0.650. The normalized spacial score (nSPS) is 35.5. The van der Waals surface area contributed by atoms with Gasteiger partial charge in [0.05, 0.1) is 12.6 Å². The van der Waals surface area contributed by atoms with Crippen LogP contribution in [-0.4, -0.2) is 50.3 Å². The van der Waals surface area contributed by atoms with Crippen molar-refractivity contribution in [2.24, 2.45) is 5.92 Å². The summed E-state index contributed by atoms with van der Waals surface area (Å²) < 4.78 is 5.34. The van der Waals surface area contributed by atoms with E-state index in [1.54, 1.807) is 0 Å². The Bertz CT molecular complexity index is 258. The third-order valence-electron chi connectivity index (χ3n) is 3.70. The summed E-state index contributed by atoms with van der Waals surface area (Å²) >= 11 is 0. The quantitative estimate of drug-likeness (QED) is 0.622. The van der Waals surface area contributed by atoms with Gasteiger partial charge in [0.2, 0.25) is 5.91 Å². The van der Waals surface area contributed by atoms with Crippen molar-refractivity contribution in [3.05, 3.63) is 0 Å². The lowest BCUT2D eigenvalue weighted by Crippen LogP contribution is -2.60. The van der Waals surface area contributed by atoms with Crippen molar-refractivity contribution in [1.82, 2.24) is 16.0 Å². The Balaban J connectivity index is 1.76. The molecule has 98 valence electrons. The minimum atomic E-state index is -0.101. The molecular weight excluding hydrogens is 218 g/mol. The SMILES string of the molecule is CC1CNC(C(=O)NC(C)C2CCOC2)CN1. The van der Waals surface area contributed by atoms with E-state index in [1.807, 2.05) is 0 Å². The molecule has 2 aliphatic rings. The first kappa shape index (κ1) is 12.8. The van der Waals surface area contributed by atoms with E-state index in [1.165, 1.54) is 0 Å². The van der Waals surface area contributed by atoms with Gasteiger partial charge in [0, 0.05) is 37.7 Å². The molecule has 0 aliphatic carbocycles. The second-order valence-electron chi connectivity index (χ2n) is 5.19. The summed E-state index contributed by atoms with van der Waals surface area (Å²) in [6.07, 6.45) is 1.05. The molecule has 0 aromatic heterocycles. The molecule has 0 aromatic rings. The molecule has 3 N–H and O–H groups in total. The number of amides is 1.